The lowest BCUT2D eigenvalue weighted by Gasteiger charge is -2.32. The molecule has 3 heteroatoms. The smallest absolute Gasteiger partial charge is 0.233 e. The van der Waals surface area contributed by atoms with Crippen LogP contribution in [0.3, 0.4) is 0 Å². The molecule has 0 saturated carbocycles. The van der Waals surface area contributed by atoms with Crippen molar-refractivity contribution in [3.63, 3.8) is 0 Å². The topological polar surface area (TPSA) is 46.2 Å². The molecule has 1 aliphatic rings. The molecule has 1 amide bonds. The Morgan fingerprint density at radius 3 is 2.60 bits per heavy atom. The number of carbonyl (C=O) groups is 2. The first kappa shape index (κ1) is 6.99. The van der Waals surface area contributed by atoms with Crippen LogP contribution in [-0.4, -0.2) is 17.7 Å². The molecule has 3 nitrogen and oxygen atoms in total. The third-order valence-electron chi connectivity index (χ3n) is 1.64. The van der Waals surface area contributed by atoms with Gasteiger partial charge in [0.15, 0.2) is 0 Å². The van der Waals surface area contributed by atoms with Crippen molar-refractivity contribution in [2.75, 3.05) is 0 Å². The Morgan fingerprint density at radius 1 is 1.80 bits per heavy atom. The first-order valence-corrected chi connectivity index (χ1v) is 3.10. The van der Waals surface area contributed by atoms with Crippen LogP contribution in [0, 0.1) is 5.92 Å². The fraction of sp³-hybridized carbons (Fsp3) is 0.429. The molecule has 1 N–H and O–H groups in total. The van der Waals surface area contributed by atoms with Gasteiger partial charge in [-0.05, 0) is 6.92 Å². The second-order valence-corrected chi connectivity index (χ2v) is 2.36. The summed E-state index contributed by atoms with van der Waals surface area (Å²) in [5.41, 5.74) is 0. The van der Waals surface area contributed by atoms with Gasteiger partial charge in [-0.15, -0.1) is 6.58 Å². The number of ketones is 1. The van der Waals surface area contributed by atoms with Crippen LogP contribution in [0.4, 0.5) is 0 Å². The lowest BCUT2D eigenvalue weighted by molar-refractivity contribution is -0.141. The van der Waals surface area contributed by atoms with Crippen LogP contribution in [0.15, 0.2) is 12.7 Å². The van der Waals surface area contributed by atoms with Crippen LogP contribution in [0.25, 0.3) is 0 Å². The molecule has 1 heterocycles. The fourth-order valence-corrected chi connectivity index (χ4v) is 1.04. The molecule has 1 aliphatic heterocycles. The highest BCUT2D eigenvalue weighted by Crippen LogP contribution is 2.16. The minimum absolute atomic E-state index is 0.0892. The summed E-state index contributed by atoms with van der Waals surface area (Å²) in [6.07, 6.45) is 1.58. The van der Waals surface area contributed by atoms with Crippen LogP contribution < -0.4 is 5.32 Å². The summed E-state index contributed by atoms with van der Waals surface area (Å²) in [5, 5.41) is 2.55. The molecule has 0 radical (unpaired) electrons. The van der Waals surface area contributed by atoms with Gasteiger partial charge in [0.25, 0.3) is 0 Å². The first-order valence-electron chi connectivity index (χ1n) is 3.10. The van der Waals surface area contributed by atoms with Gasteiger partial charge in [-0.1, -0.05) is 6.08 Å². The second kappa shape index (κ2) is 2.25. The zero-order valence-electron chi connectivity index (χ0n) is 5.76. The van der Waals surface area contributed by atoms with E-state index < -0.39 is 5.92 Å². The van der Waals surface area contributed by atoms with Gasteiger partial charge in [-0.3, -0.25) is 9.59 Å². The number of hydrogen-bond acceptors (Lipinski definition) is 2. The van der Waals surface area contributed by atoms with E-state index in [4.69, 9.17) is 0 Å². The molecule has 0 aromatic heterocycles. The van der Waals surface area contributed by atoms with Crippen molar-refractivity contribution in [1.82, 2.24) is 5.32 Å². The zero-order chi connectivity index (χ0) is 7.72. The van der Waals surface area contributed by atoms with E-state index in [0.29, 0.717) is 0 Å². The predicted octanol–water partition coefficient (Wildman–Crippen LogP) is -0.124. The summed E-state index contributed by atoms with van der Waals surface area (Å²) in [6.45, 7) is 4.90. The SMILES string of the molecule is C=C[C@@H]1NC(=O)[C@H]1C(C)=O. The van der Waals surface area contributed by atoms with E-state index >= 15 is 0 Å². The molecular formula is C7H9NO2. The first-order chi connectivity index (χ1) is 4.66. The van der Waals surface area contributed by atoms with E-state index in [1.165, 1.54) is 6.92 Å². The monoisotopic (exact) mass is 139 g/mol. The van der Waals surface area contributed by atoms with E-state index in [0.717, 1.165) is 0 Å². The minimum Gasteiger partial charge on any atom is -0.348 e. The Balaban J connectivity index is 2.64. The zero-order valence-corrected chi connectivity index (χ0v) is 5.76. The summed E-state index contributed by atoms with van der Waals surface area (Å²) in [6, 6.07) is -0.134. The molecule has 54 valence electrons. The number of amides is 1. The molecule has 1 saturated heterocycles. The second-order valence-electron chi connectivity index (χ2n) is 2.36. The lowest BCUT2D eigenvalue weighted by Crippen LogP contribution is -2.59. The summed E-state index contributed by atoms with van der Waals surface area (Å²) in [7, 11) is 0. The van der Waals surface area contributed by atoms with Crippen LogP contribution in [-0.2, 0) is 9.59 Å². The minimum atomic E-state index is -0.475. The van der Waals surface area contributed by atoms with E-state index in [-0.39, 0.29) is 17.7 Å². The van der Waals surface area contributed by atoms with Crippen molar-refractivity contribution in [2.24, 2.45) is 5.92 Å². The fourth-order valence-electron chi connectivity index (χ4n) is 1.04. The molecule has 0 aromatic carbocycles. The molecule has 0 aromatic rings. The average molecular weight is 139 g/mol. The van der Waals surface area contributed by atoms with Crippen molar-refractivity contribution < 1.29 is 9.59 Å². The number of β-lactam (4-membered cyclic amide) rings is 1. The summed E-state index contributed by atoms with van der Waals surface area (Å²) in [4.78, 5) is 21.4. The number of rotatable bonds is 2. The van der Waals surface area contributed by atoms with Crippen molar-refractivity contribution >= 4 is 11.7 Å². The van der Waals surface area contributed by atoms with Crippen molar-refractivity contribution in [3.05, 3.63) is 12.7 Å². The maximum absolute atomic E-state index is 10.7. The lowest BCUT2D eigenvalue weighted by atomic mass is 9.87. The summed E-state index contributed by atoms with van der Waals surface area (Å²) >= 11 is 0. The van der Waals surface area contributed by atoms with Crippen LogP contribution in [0.5, 0.6) is 0 Å². The van der Waals surface area contributed by atoms with Gasteiger partial charge in [0.2, 0.25) is 5.91 Å². The predicted molar refractivity (Wildman–Crippen MR) is 36.3 cm³/mol. The quantitative estimate of drug-likeness (QED) is 0.329. The Morgan fingerprint density at radius 2 is 2.40 bits per heavy atom. The molecular weight excluding hydrogens is 130 g/mol. The Kier molecular flexibility index (Phi) is 1.57. The van der Waals surface area contributed by atoms with Gasteiger partial charge in [0.05, 0.1) is 6.04 Å². The number of hydrogen-bond donors (Lipinski definition) is 1. The van der Waals surface area contributed by atoms with Gasteiger partial charge in [-0.2, -0.15) is 0 Å². The molecule has 0 unspecified atom stereocenters. The normalized spacial score (nSPS) is 30.3. The third kappa shape index (κ3) is 0.835. The van der Waals surface area contributed by atoms with Crippen LogP contribution in [0.1, 0.15) is 6.92 Å². The molecule has 10 heavy (non-hydrogen) atoms. The summed E-state index contributed by atoms with van der Waals surface area (Å²) < 4.78 is 0. The Labute approximate surface area is 59.1 Å². The largest absolute Gasteiger partial charge is 0.348 e. The number of Topliss-reactive ketones (excluding diaryl/α,β-unsaturated/α-hetero) is 1. The molecule has 0 bridgehead atoms. The van der Waals surface area contributed by atoms with Gasteiger partial charge < -0.3 is 5.32 Å². The molecule has 0 aliphatic carbocycles. The van der Waals surface area contributed by atoms with Crippen LogP contribution in [0.2, 0.25) is 0 Å². The maximum Gasteiger partial charge on any atom is 0.233 e. The molecule has 2 atom stereocenters. The number of nitrogens with one attached hydrogen (secondary N) is 1. The van der Waals surface area contributed by atoms with Gasteiger partial charge in [0, 0.05) is 0 Å². The van der Waals surface area contributed by atoms with E-state index in [9.17, 15) is 9.59 Å². The molecule has 0 spiro atoms. The highest BCUT2D eigenvalue weighted by atomic mass is 16.2. The van der Waals surface area contributed by atoms with Crippen molar-refractivity contribution in [1.29, 1.82) is 0 Å². The van der Waals surface area contributed by atoms with Gasteiger partial charge >= 0.3 is 0 Å². The van der Waals surface area contributed by atoms with E-state index in [1.54, 1.807) is 6.08 Å². The van der Waals surface area contributed by atoms with Gasteiger partial charge in [-0.25, -0.2) is 0 Å². The molecule has 1 fully saturated rings. The Hall–Kier alpha value is -1.12. The van der Waals surface area contributed by atoms with Gasteiger partial charge in [0.1, 0.15) is 11.7 Å². The highest BCUT2D eigenvalue weighted by Gasteiger charge is 2.40. The Bertz CT molecular complexity index is 190. The average Bonchev–Trinajstić information content (AvgIpc) is 1.80. The van der Waals surface area contributed by atoms with Crippen molar-refractivity contribution in [2.45, 2.75) is 13.0 Å². The summed E-state index contributed by atoms with van der Waals surface area (Å²) in [5.74, 6) is -0.747. The standard InChI is InChI=1S/C7H9NO2/c1-3-5-6(4(2)9)7(10)8-5/h3,5-6H,1H2,2H3,(H,8,10)/t5-,6-/m0/s1. The third-order valence-corrected chi connectivity index (χ3v) is 1.64. The van der Waals surface area contributed by atoms with E-state index in [1.807, 2.05) is 0 Å². The maximum atomic E-state index is 10.7. The van der Waals surface area contributed by atoms with Crippen molar-refractivity contribution in [3.8, 4) is 0 Å². The van der Waals surface area contributed by atoms with Crippen LogP contribution >= 0.6 is 0 Å². The highest BCUT2D eigenvalue weighted by molar-refractivity contribution is 6.06. The molecule has 1 rings (SSSR count). The van der Waals surface area contributed by atoms with E-state index in [2.05, 4.69) is 11.9 Å². The number of carbonyl (C=O) groups excluding carboxylic acids is 2.